The minimum atomic E-state index is 0.0108. The summed E-state index contributed by atoms with van der Waals surface area (Å²) >= 11 is 6.27. The lowest BCUT2D eigenvalue weighted by molar-refractivity contribution is -0.136. The van der Waals surface area contributed by atoms with Crippen LogP contribution >= 0.6 is 11.6 Å². The number of hydrogen-bond acceptors (Lipinski definition) is 2. The molecule has 2 aromatic rings. The number of aromatic nitrogens is 1. The van der Waals surface area contributed by atoms with E-state index in [0.717, 1.165) is 16.3 Å². The number of halogens is 1. The highest BCUT2D eigenvalue weighted by molar-refractivity contribution is 6.31. The van der Waals surface area contributed by atoms with Crippen molar-refractivity contribution in [3.8, 4) is 0 Å². The molecule has 0 bridgehead atoms. The van der Waals surface area contributed by atoms with Gasteiger partial charge in [-0.25, -0.2) is 0 Å². The maximum Gasteiger partial charge on any atom is 0.248 e. The number of benzene rings is 1. The molecule has 0 saturated carbocycles. The molecule has 0 unspecified atom stereocenters. The molecule has 1 amide bonds. The van der Waals surface area contributed by atoms with Crippen LogP contribution in [-0.2, 0) is 22.6 Å². The monoisotopic (exact) mass is 348 g/mol. The average molecular weight is 349 g/mol. The van der Waals surface area contributed by atoms with Crippen LogP contribution in [0, 0.1) is 5.92 Å². The fraction of sp³-hybridized carbons (Fsp3) is 0.421. The molecule has 0 atom stereocenters. The first-order valence-corrected chi connectivity index (χ1v) is 8.53. The Balaban J connectivity index is 2.15. The summed E-state index contributed by atoms with van der Waals surface area (Å²) in [5, 5.41) is 0.756. The number of rotatable bonds is 8. The third kappa shape index (κ3) is 5.11. The number of nitrogens with zero attached hydrogens (tertiary/aromatic N) is 2. The van der Waals surface area contributed by atoms with Gasteiger partial charge < -0.3 is 14.2 Å². The second kappa shape index (κ2) is 8.90. The van der Waals surface area contributed by atoms with Crippen molar-refractivity contribution in [1.82, 2.24) is 9.47 Å². The topological polar surface area (TPSA) is 34.5 Å². The molecule has 5 heteroatoms. The lowest BCUT2D eigenvalue weighted by atomic mass is 10.2. The van der Waals surface area contributed by atoms with Crippen molar-refractivity contribution in [2.24, 2.45) is 5.92 Å². The van der Waals surface area contributed by atoms with E-state index < -0.39 is 0 Å². The predicted molar refractivity (Wildman–Crippen MR) is 97.1 cm³/mol. The van der Waals surface area contributed by atoms with Crippen LogP contribution in [0.3, 0.4) is 0 Å². The lowest BCUT2D eigenvalue weighted by Crippen LogP contribution is -2.36. The first kappa shape index (κ1) is 18.6. The molecule has 1 aromatic carbocycles. The molecule has 2 rings (SSSR count). The normalized spacial score (nSPS) is 11.0. The zero-order chi connectivity index (χ0) is 17.5. The van der Waals surface area contributed by atoms with Gasteiger partial charge in [0.15, 0.2) is 0 Å². The third-order valence-electron chi connectivity index (χ3n) is 3.78. The number of hydrogen-bond donors (Lipinski definition) is 0. The third-order valence-corrected chi connectivity index (χ3v) is 4.15. The first-order chi connectivity index (χ1) is 11.5. The summed E-state index contributed by atoms with van der Waals surface area (Å²) in [6, 6.07) is 11.9. The van der Waals surface area contributed by atoms with E-state index in [9.17, 15) is 4.79 Å². The van der Waals surface area contributed by atoms with Gasteiger partial charge in [-0.05, 0) is 29.7 Å². The minimum Gasteiger partial charge on any atom is -0.375 e. The van der Waals surface area contributed by atoms with Gasteiger partial charge in [-0.3, -0.25) is 4.79 Å². The molecule has 130 valence electrons. The molecular formula is C19H25ClN2O2. The Kier molecular flexibility index (Phi) is 6.88. The molecule has 0 saturated heterocycles. The van der Waals surface area contributed by atoms with Crippen LogP contribution < -0.4 is 0 Å². The van der Waals surface area contributed by atoms with Gasteiger partial charge in [0.2, 0.25) is 5.91 Å². The fourth-order valence-corrected chi connectivity index (χ4v) is 2.86. The Labute approximate surface area is 149 Å². The number of methoxy groups -OCH3 is 1. The smallest absolute Gasteiger partial charge is 0.248 e. The molecule has 0 N–H and O–H groups in total. The highest BCUT2D eigenvalue weighted by atomic mass is 35.5. The van der Waals surface area contributed by atoms with Crippen LogP contribution in [0.15, 0.2) is 42.6 Å². The number of carbonyl (C=O) groups excluding carboxylic acids is 1. The Morgan fingerprint density at radius 1 is 1.25 bits per heavy atom. The molecule has 0 aliphatic carbocycles. The summed E-state index contributed by atoms with van der Waals surface area (Å²) < 4.78 is 7.15. The van der Waals surface area contributed by atoms with Crippen molar-refractivity contribution in [1.29, 1.82) is 0 Å². The lowest BCUT2D eigenvalue weighted by Gasteiger charge is -2.25. The molecule has 0 aliphatic heterocycles. The van der Waals surface area contributed by atoms with Crippen LogP contribution in [0.4, 0.5) is 0 Å². The zero-order valence-electron chi connectivity index (χ0n) is 14.5. The van der Waals surface area contributed by atoms with Gasteiger partial charge in [-0.2, -0.15) is 0 Å². The molecule has 4 nitrogen and oxygen atoms in total. The zero-order valence-corrected chi connectivity index (χ0v) is 15.3. The van der Waals surface area contributed by atoms with Crippen molar-refractivity contribution in [3.63, 3.8) is 0 Å². The van der Waals surface area contributed by atoms with Gasteiger partial charge in [-0.15, -0.1) is 0 Å². The van der Waals surface area contributed by atoms with Crippen LogP contribution in [0.5, 0.6) is 0 Å². The van der Waals surface area contributed by atoms with E-state index in [0.29, 0.717) is 25.6 Å². The Morgan fingerprint density at radius 3 is 2.67 bits per heavy atom. The highest BCUT2D eigenvalue weighted by Gasteiger charge is 2.17. The summed E-state index contributed by atoms with van der Waals surface area (Å²) in [6.45, 7) is 6.29. The van der Waals surface area contributed by atoms with Crippen molar-refractivity contribution < 1.29 is 9.53 Å². The Bertz CT molecular complexity index is 667. The Morgan fingerprint density at radius 2 is 2.00 bits per heavy atom. The van der Waals surface area contributed by atoms with E-state index in [1.54, 1.807) is 7.11 Å². The van der Waals surface area contributed by atoms with Gasteiger partial charge in [0, 0.05) is 37.1 Å². The molecule has 0 radical (unpaired) electrons. The first-order valence-electron chi connectivity index (χ1n) is 8.15. The van der Waals surface area contributed by atoms with E-state index in [1.807, 2.05) is 47.5 Å². The van der Waals surface area contributed by atoms with Gasteiger partial charge in [0.05, 0.1) is 6.54 Å². The summed E-state index contributed by atoms with van der Waals surface area (Å²) in [7, 11) is 1.55. The molecule has 0 spiro atoms. The molecule has 24 heavy (non-hydrogen) atoms. The van der Waals surface area contributed by atoms with E-state index in [4.69, 9.17) is 16.3 Å². The average Bonchev–Trinajstić information content (AvgIpc) is 2.96. The molecular weight excluding hydrogens is 324 g/mol. The van der Waals surface area contributed by atoms with E-state index in [2.05, 4.69) is 18.4 Å². The number of carbonyl (C=O) groups is 1. The maximum atomic E-state index is 12.3. The summed E-state index contributed by atoms with van der Waals surface area (Å²) in [4.78, 5) is 14.2. The highest BCUT2D eigenvalue weighted by Crippen LogP contribution is 2.18. The van der Waals surface area contributed by atoms with Crippen molar-refractivity contribution in [2.75, 3.05) is 20.3 Å². The van der Waals surface area contributed by atoms with Crippen molar-refractivity contribution >= 4 is 17.5 Å². The van der Waals surface area contributed by atoms with E-state index >= 15 is 0 Å². The van der Waals surface area contributed by atoms with Crippen molar-refractivity contribution in [2.45, 2.75) is 26.9 Å². The standard InChI is InChI=1S/C19H25ClN2O2/c1-15(2)11-22(19(23)14-24-3)13-17-8-6-10-21(17)12-16-7-4-5-9-18(16)20/h4-10,15H,11-14H2,1-3H3. The summed E-state index contributed by atoms with van der Waals surface area (Å²) in [5.41, 5.74) is 2.15. The molecule has 0 aliphatic rings. The Hall–Kier alpha value is -1.78. The van der Waals surface area contributed by atoms with Crippen LogP contribution in [0.2, 0.25) is 5.02 Å². The number of ether oxygens (including phenoxy) is 1. The van der Waals surface area contributed by atoms with Crippen molar-refractivity contribution in [3.05, 3.63) is 58.9 Å². The van der Waals surface area contributed by atoms with Gasteiger partial charge >= 0.3 is 0 Å². The number of amides is 1. The van der Waals surface area contributed by atoms with Gasteiger partial charge in [0.1, 0.15) is 6.61 Å². The summed E-state index contributed by atoms with van der Waals surface area (Å²) in [5.74, 6) is 0.412. The SMILES string of the molecule is COCC(=O)N(Cc1cccn1Cc1ccccc1Cl)CC(C)C. The van der Waals surface area contributed by atoms with Gasteiger partial charge in [0.25, 0.3) is 0 Å². The predicted octanol–water partition coefficient (Wildman–Crippen LogP) is 3.82. The quantitative estimate of drug-likeness (QED) is 0.726. The van der Waals surface area contributed by atoms with E-state index in [1.165, 1.54) is 0 Å². The summed E-state index contributed by atoms with van der Waals surface area (Å²) in [6.07, 6.45) is 2.02. The van der Waals surface area contributed by atoms with Crippen LogP contribution in [-0.4, -0.2) is 35.6 Å². The molecule has 0 fully saturated rings. The second-order valence-corrected chi connectivity index (χ2v) is 6.73. The second-order valence-electron chi connectivity index (χ2n) is 6.32. The fourth-order valence-electron chi connectivity index (χ4n) is 2.66. The van der Waals surface area contributed by atoms with Crippen LogP contribution in [0.1, 0.15) is 25.1 Å². The maximum absolute atomic E-state index is 12.3. The molecule has 1 aromatic heterocycles. The largest absolute Gasteiger partial charge is 0.375 e. The van der Waals surface area contributed by atoms with E-state index in [-0.39, 0.29) is 12.5 Å². The van der Waals surface area contributed by atoms with Crippen LogP contribution in [0.25, 0.3) is 0 Å². The minimum absolute atomic E-state index is 0.0108. The van der Waals surface area contributed by atoms with Gasteiger partial charge in [-0.1, -0.05) is 43.6 Å². The molecule has 1 heterocycles.